The first-order valence-corrected chi connectivity index (χ1v) is 4.53. The first kappa shape index (κ1) is 12.2. The van der Waals surface area contributed by atoms with Gasteiger partial charge in [-0.2, -0.15) is 0 Å². The molecule has 5 heteroatoms. The Morgan fingerprint density at radius 1 is 1.44 bits per heavy atom. The van der Waals surface area contributed by atoms with Crippen LogP contribution >= 0.6 is 0 Å². The average Bonchev–Trinajstić information content (AvgIpc) is 2.35. The van der Waals surface area contributed by atoms with Crippen LogP contribution in [-0.2, 0) is 9.53 Å². The van der Waals surface area contributed by atoms with Crippen LogP contribution < -0.4 is 4.74 Å². The molecule has 16 heavy (non-hydrogen) atoms. The molecule has 0 aliphatic heterocycles. The molecule has 0 aliphatic carbocycles. The van der Waals surface area contributed by atoms with Crippen molar-refractivity contribution in [2.75, 3.05) is 14.2 Å². The molecule has 1 rings (SSSR count). The zero-order valence-corrected chi connectivity index (χ0v) is 8.97. The highest BCUT2D eigenvalue weighted by Gasteiger charge is 2.21. The van der Waals surface area contributed by atoms with Crippen LogP contribution in [0.5, 0.6) is 5.75 Å². The summed E-state index contributed by atoms with van der Waals surface area (Å²) in [6.07, 6.45) is -0.929. The van der Waals surface area contributed by atoms with Gasteiger partial charge in [0.2, 0.25) is 0 Å². The van der Waals surface area contributed by atoms with Gasteiger partial charge in [-0.05, 0) is 18.2 Å². The molecule has 0 fully saturated rings. The minimum atomic E-state index is -1.49. The van der Waals surface area contributed by atoms with E-state index in [-0.39, 0.29) is 11.1 Å². The number of aliphatic hydroxyl groups excluding tert-OH is 1. The number of esters is 1. The lowest BCUT2D eigenvalue weighted by molar-refractivity contribution is -0.150. The fraction of sp³-hybridized carbons (Fsp3) is 0.273. The Morgan fingerprint density at radius 3 is 2.62 bits per heavy atom. The van der Waals surface area contributed by atoms with Crippen molar-refractivity contribution < 1.29 is 24.2 Å². The van der Waals surface area contributed by atoms with Crippen LogP contribution in [0, 0.1) is 0 Å². The smallest absolute Gasteiger partial charge is 0.339 e. The van der Waals surface area contributed by atoms with E-state index in [9.17, 15) is 14.7 Å². The van der Waals surface area contributed by atoms with Crippen molar-refractivity contribution in [2.24, 2.45) is 0 Å². The average molecular weight is 224 g/mol. The van der Waals surface area contributed by atoms with E-state index >= 15 is 0 Å². The fourth-order valence-electron chi connectivity index (χ4n) is 1.26. The van der Waals surface area contributed by atoms with E-state index in [1.807, 2.05) is 0 Å². The van der Waals surface area contributed by atoms with E-state index in [1.54, 1.807) is 6.07 Å². The maximum absolute atomic E-state index is 11.2. The SMILES string of the molecule is COC(=O)C(O)c1cc(OC)ccc1C=O. The first-order valence-electron chi connectivity index (χ1n) is 4.53. The maximum atomic E-state index is 11.2. The summed E-state index contributed by atoms with van der Waals surface area (Å²) < 4.78 is 9.33. The summed E-state index contributed by atoms with van der Waals surface area (Å²) in [5.41, 5.74) is 0.389. The van der Waals surface area contributed by atoms with Crippen LogP contribution in [0.1, 0.15) is 22.0 Å². The Kier molecular flexibility index (Phi) is 4.02. The van der Waals surface area contributed by atoms with Gasteiger partial charge in [-0.3, -0.25) is 4.79 Å². The highest BCUT2D eigenvalue weighted by molar-refractivity contribution is 5.84. The minimum Gasteiger partial charge on any atom is -0.497 e. The monoisotopic (exact) mass is 224 g/mol. The van der Waals surface area contributed by atoms with Gasteiger partial charge in [0.05, 0.1) is 14.2 Å². The van der Waals surface area contributed by atoms with Crippen molar-refractivity contribution in [3.05, 3.63) is 29.3 Å². The molecule has 0 saturated carbocycles. The van der Waals surface area contributed by atoms with Crippen molar-refractivity contribution in [2.45, 2.75) is 6.10 Å². The lowest BCUT2D eigenvalue weighted by Gasteiger charge is -2.12. The number of carbonyl (C=O) groups is 2. The van der Waals surface area contributed by atoms with Gasteiger partial charge in [0.15, 0.2) is 6.10 Å². The number of aldehydes is 1. The zero-order chi connectivity index (χ0) is 12.1. The number of rotatable bonds is 4. The minimum absolute atomic E-state index is 0.168. The topological polar surface area (TPSA) is 72.8 Å². The van der Waals surface area contributed by atoms with Gasteiger partial charge in [-0.1, -0.05) is 0 Å². The molecule has 0 spiro atoms. The van der Waals surface area contributed by atoms with Crippen LogP contribution in [0.25, 0.3) is 0 Å². The van der Waals surface area contributed by atoms with E-state index in [4.69, 9.17) is 4.74 Å². The van der Waals surface area contributed by atoms with Crippen molar-refractivity contribution in [1.82, 2.24) is 0 Å². The molecule has 0 saturated heterocycles. The lowest BCUT2D eigenvalue weighted by atomic mass is 10.0. The number of benzene rings is 1. The van der Waals surface area contributed by atoms with Gasteiger partial charge < -0.3 is 14.6 Å². The molecule has 1 aromatic carbocycles. The van der Waals surface area contributed by atoms with Crippen LogP contribution in [0.15, 0.2) is 18.2 Å². The third-order valence-electron chi connectivity index (χ3n) is 2.14. The summed E-state index contributed by atoms with van der Waals surface area (Å²) in [6, 6.07) is 4.45. The van der Waals surface area contributed by atoms with E-state index in [1.165, 1.54) is 19.2 Å². The predicted octanol–water partition coefficient (Wildman–Crippen LogP) is 0.714. The van der Waals surface area contributed by atoms with Crippen molar-refractivity contribution in [3.63, 3.8) is 0 Å². The van der Waals surface area contributed by atoms with Gasteiger partial charge >= 0.3 is 5.97 Å². The standard InChI is InChI=1S/C11H12O5/c1-15-8-4-3-7(6-12)9(5-8)10(13)11(14)16-2/h3-6,10,13H,1-2H3. The third kappa shape index (κ3) is 2.38. The third-order valence-corrected chi connectivity index (χ3v) is 2.14. The van der Waals surface area contributed by atoms with E-state index in [0.717, 1.165) is 7.11 Å². The molecule has 0 heterocycles. The molecule has 1 atom stereocenters. The highest BCUT2D eigenvalue weighted by atomic mass is 16.5. The molecule has 0 radical (unpaired) electrons. The number of carbonyl (C=O) groups excluding carboxylic acids is 2. The summed E-state index contributed by atoms with van der Waals surface area (Å²) in [7, 11) is 2.61. The Morgan fingerprint density at radius 2 is 2.12 bits per heavy atom. The van der Waals surface area contributed by atoms with Gasteiger partial charge in [0.1, 0.15) is 12.0 Å². The molecule has 0 bridgehead atoms. The van der Waals surface area contributed by atoms with E-state index < -0.39 is 12.1 Å². The second kappa shape index (κ2) is 5.27. The normalized spacial score (nSPS) is 11.7. The Labute approximate surface area is 92.6 Å². The number of ether oxygens (including phenoxy) is 2. The molecule has 0 aromatic heterocycles. The molecule has 1 aromatic rings. The van der Waals surface area contributed by atoms with E-state index in [2.05, 4.69) is 4.74 Å². The second-order valence-corrected chi connectivity index (χ2v) is 3.04. The summed E-state index contributed by atoms with van der Waals surface area (Å²) in [5.74, 6) is -0.375. The molecule has 1 N–H and O–H groups in total. The lowest BCUT2D eigenvalue weighted by Crippen LogP contribution is -2.15. The molecule has 5 nitrogen and oxygen atoms in total. The molecule has 0 amide bonds. The second-order valence-electron chi connectivity index (χ2n) is 3.04. The summed E-state index contributed by atoms with van der Waals surface area (Å²) in [6.45, 7) is 0. The summed E-state index contributed by atoms with van der Waals surface area (Å²) in [5, 5.41) is 9.63. The van der Waals surface area contributed by atoms with Crippen LogP contribution in [0.3, 0.4) is 0 Å². The highest BCUT2D eigenvalue weighted by Crippen LogP contribution is 2.23. The molecular weight excluding hydrogens is 212 g/mol. The molecule has 86 valence electrons. The Hall–Kier alpha value is -1.88. The predicted molar refractivity (Wildman–Crippen MR) is 55.4 cm³/mol. The Bertz CT molecular complexity index is 399. The Balaban J connectivity index is 3.17. The van der Waals surface area contributed by atoms with Crippen LogP contribution in [0.2, 0.25) is 0 Å². The maximum Gasteiger partial charge on any atom is 0.339 e. The van der Waals surface area contributed by atoms with Crippen molar-refractivity contribution >= 4 is 12.3 Å². The van der Waals surface area contributed by atoms with Gasteiger partial charge in [-0.15, -0.1) is 0 Å². The number of methoxy groups -OCH3 is 2. The number of aliphatic hydroxyl groups is 1. The van der Waals surface area contributed by atoms with E-state index in [0.29, 0.717) is 12.0 Å². The van der Waals surface area contributed by atoms with Crippen LogP contribution in [-0.4, -0.2) is 31.6 Å². The summed E-state index contributed by atoms with van der Waals surface area (Å²) >= 11 is 0. The molecule has 1 unspecified atom stereocenters. The number of hydrogen-bond acceptors (Lipinski definition) is 5. The van der Waals surface area contributed by atoms with Gasteiger partial charge in [0, 0.05) is 11.1 Å². The first-order chi connectivity index (χ1) is 7.63. The molecule has 0 aliphatic rings. The quantitative estimate of drug-likeness (QED) is 0.602. The van der Waals surface area contributed by atoms with Crippen LogP contribution in [0.4, 0.5) is 0 Å². The fourth-order valence-corrected chi connectivity index (χ4v) is 1.26. The van der Waals surface area contributed by atoms with Crippen molar-refractivity contribution in [3.8, 4) is 5.75 Å². The van der Waals surface area contributed by atoms with Gasteiger partial charge in [0.25, 0.3) is 0 Å². The molecular formula is C11H12O5. The van der Waals surface area contributed by atoms with Crippen molar-refractivity contribution in [1.29, 1.82) is 0 Å². The summed E-state index contributed by atoms with van der Waals surface area (Å²) in [4.78, 5) is 21.9. The number of hydrogen-bond donors (Lipinski definition) is 1. The zero-order valence-electron chi connectivity index (χ0n) is 8.97. The van der Waals surface area contributed by atoms with Gasteiger partial charge in [-0.25, -0.2) is 4.79 Å². The largest absolute Gasteiger partial charge is 0.497 e.